The second-order valence-corrected chi connectivity index (χ2v) is 12.9. The summed E-state index contributed by atoms with van der Waals surface area (Å²) in [6, 6.07) is 19.9. The second kappa shape index (κ2) is 12.9. The number of carbonyl (C=O) groups excluding carboxylic acids is 1. The van der Waals surface area contributed by atoms with E-state index in [0.29, 0.717) is 26.2 Å². The van der Waals surface area contributed by atoms with Crippen molar-refractivity contribution in [2.24, 2.45) is 5.92 Å². The quantitative estimate of drug-likeness (QED) is 0.216. The minimum atomic E-state index is -4.43. The molecule has 1 aromatic heterocycles. The maximum atomic E-state index is 13.9. The highest BCUT2D eigenvalue weighted by atomic mass is 32.1. The molecule has 1 N–H and O–H groups in total. The van der Waals surface area contributed by atoms with Crippen molar-refractivity contribution >= 4 is 39.0 Å². The molecule has 0 spiro atoms. The summed E-state index contributed by atoms with van der Waals surface area (Å²) in [5.74, 6) is 0.226. The van der Waals surface area contributed by atoms with E-state index in [1.165, 1.54) is 17.4 Å². The van der Waals surface area contributed by atoms with Crippen LogP contribution < -0.4 is 5.32 Å². The SMILES string of the molecule is CC(C)(C)OC(=O)N1CCC(CN(Cc2csc(Nc3cccc4ccccc34)n2)Cc2ccccc2C(F)(F)F)CC1. The number of ether oxygens (including phenoxy) is 1. The maximum absolute atomic E-state index is 13.9. The molecule has 1 fully saturated rings. The van der Waals surface area contributed by atoms with Gasteiger partial charge in [0.15, 0.2) is 5.13 Å². The summed E-state index contributed by atoms with van der Waals surface area (Å²) in [7, 11) is 0. The largest absolute Gasteiger partial charge is 0.444 e. The lowest BCUT2D eigenvalue weighted by Gasteiger charge is -2.35. The minimum absolute atomic E-state index is 0.144. The Morgan fingerprint density at radius 3 is 2.44 bits per heavy atom. The van der Waals surface area contributed by atoms with Crippen molar-refractivity contribution in [3.63, 3.8) is 0 Å². The molecule has 1 aliphatic rings. The lowest BCUT2D eigenvalue weighted by atomic mass is 9.95. The monoisotopic (exact) mass is 610 g/mol. The Bertz CT molecular complexity index is 1540. The molecule has 0 saturated carbocycles. The van der Waals surface area contributed by atoms with E-state index < -0.39 is 17.3 Å². The molecular formula is C33H37F3N4O2S. The molecular weight excluding hydrogens is 573 g/mol. The lowest BCUT2D eigenvalue weighted by Crippen LogP contribution is -2.43. The van der Waals surface area contributed by atoms with Gasteiger partial charge in [0.05, 0.1) is 11.3 Å². The number of hydrogen-bond donors (Lipinski definition) is 1. The molecule has 5 rings (SSSR count). The van der Waals surface area contributed by atoms with Gasteiger partial charge >= 0.3 is 12.3 Å². The van der Waals surface area contributed by atoms with Gasteiger partial charge in [-0.2, -0.15) is 13.2 Å². The van der Waals surface area contributed by atoms with E-state index in [1.54, 1.807) is 17.0 Å². The number of halogens is 3. The third kappa shape index (κ3) is 8.26. The van der Waals surface area contributed by atoms with Crippen molar-refractivity contribution < 1.29 is 22.7 Å². The zero-order chi connectivity index (χ0) is 30.6. The molecule has 43 heavy (non-hydrogen) atoms. The fourth-order valence-corrected chi connectivity index (χ4v) is 6.18. The lowest BCUT2D eigenvalue weighted by molar-refractivity contribution is -0.138. The number of rotatable bonds is 8. The van der Waals surface area contributed by atoms with Gasteiger partial charge in [0, 0.05) is 49.2 Å². The van der Waals surface area contributed by atoms with E-state index in [1.807, 2.05) is 50.4 Å². The first kappa shape index (κ1) is 30.8. The van der Waals surface area contributed by atoms with Gasteiger partial charge in [0.25, 0.3) is 0 Å². The van der Waals surface area contributed by atoms with Crippen LogP contribution in [0.2, 0.25) is 0 Å². The van der Waals surface area contributed by atoms with Gasteiger partial charge in [-0.05, 0) is 62.6 Å². The molecule has 4 aromatic rings. The number of aromatic nitrogens is 1. The summed E-state index contributed by atoms with van der Waals surface area (Å²) in [5.41, 5.74) is 0.808. The van der Waals surface area contributed by atoms with Crippen molar-refractivity contribution in [3.05, 3.63) is 88.9 Å². The first-order chi connectivity index (χ1) is 20.4. The van der Waals surface area contributed by atoms with Crippen molar-refractivity contribution in [3.8, 4) is 0 Å². The standard InChI is InChI=1S/C33H37F3N4O2S/c1-32(2,3)42-31(41)40-17-15-23(16-18-40)19-39(20-25-10-5-7-13-28(25)33(34,35)36)21-26-22-43-30(37-26)38-29-14-8-11-24-9-4-6-12-27(24)29/h4-14,22-23H,15-21H2,1-3H3,(H,37,38). The number of piperidine rings is 1. The number of fused-ring (bicyclic) bond motifs is 1. The van der Waals surface area contributed by atoms with Crippen LogP contribution in [0.5, 0.6) is 0 Å². The smallest absolute Gasteiger partial charge is 0.416 e. The van der Waals surface area contributed by atoms with E-state index in [4.69, 9.17) is 9.72 Å². The number of alkyl halides is 3. The summed E-state index contributed by atoms with van der Waals surface area (Å²) in [6.07, 6.45) is -3.25. The van der Waals surface area contributed by atoms with Crippen LogP contribution in [-0.2, 0) is 24.0 Å². The topological polar surface area (TPSA) is 57.7 Å². The normalized spacial score (nSPS) is 14.8. The summed E-state index contributed by atoms with van der Waals surface area (Å²) >= 11 is 1.48. The minimum Gasteiger partial charge on any atom is -0.444 e. The molecule has 3 aromatic carbocycles. The highest BCUT2D eigenvalue weighted by molar-refractivity contribution is 7.13. The number of thiazole rings is 1. The zero-order valence-electron chi connectivity index (χ0n) is 24.7. The molecule has 0 radical (unpaired) electrons. The van der Waals surface area contributed by atoms with Gasteiger partial charge in [0.1, 0.15) is 5.60 Å². The average Bonchev–Trinajstić information content (AvgIpc) is 3.39. The first-order valence-corrected chi connectivity index (χ1v) is 15.4. The predicted octanol–water partition coefficient (Wildman–Crippen LogP) is 8.71. The molecule has 228 valence electrons. The van der Waals surface area contributed by atoms with E-state index in [2.05, 4.69) is 28.4 Å². The number of carbonyl (C=O) groups is 1. The van der Waals surface area contributed by atoms with Crippen molar-refractivity contribution in [2.45, 2.75) is 58.5 Å². The molecule has 0 bridgehead atoms. The fourth-order valence-electron chi connectivity index (χ4n) is 5.47. The molecule has 2 heterocycles. The first-order valence-electron chi connectivity index (χ1n) is 14.5. The molecule has 10 heteroatoms. The average molecular weight is 611 g/mol. The molecule has 0 atom stereocenters. The molecule has 1 aliphatic heterocycles. The van der Waals surface area contributed by atoms with Crippen LogP contribution >= 0.6 is 11.3 Å². The van der Waals surface area contributed by atoms with E-state index >= 15 is 0 Å². The van der Waals surface area contributed by atoms with Crippen LogP contribution in [-0.4, -0.2) is 46.1 Å². The van der Waals surface area contributed by atoms with E-state index in [9.17, 15) is 18.0 Å². The zero-order valence-corrected chi connectivity index (χ0v) is 25.5. The second-order valence-electron chi connectivity index (χ2n) is 12.0. The number of likely N-dealkylation sites (tertiary alicyclic amines) is 1. The van der Waals surface area contributed by atoms with Gasteiger partial charge in [-0.25, -0.2) is 9.78 Å². The fraction of sp³-hybridized carbons (Fsp3) is 0.394. The van der Waals surface area contributed by atoms with Crippen LogP contribution in [0.4, 0.5) is 28.8 Å². The number of nitrogens with one attached hydrogen (secondary N) is 1. The van der Waals surface area contributed by atoms with Gasteiger partial charge < -0.3 is 15.0 Å². The maximum Gasteiger partial charge on any atom is 0.416 e. The summed E-state index contributed by atoms with van der Waals surface area (Å²) in [4.78, 5) is 21.1. The Morgan fingerprint density at radius 2 is 1.70 bits per heavy atom. The number of anilines is 2. The molecule has 0 aliphatic carbocycles. The van der Waals surface area contributed by atoms with Gasteiger partial charge in [-0.3, -0.25) is 4.90 Å². The van der Waals surface area contributed by atoms with Crippen LogP contribution in [0.15, 0.2) is 72.1 Å². The van der Waals surface area contributed by atoms with Crippen molar-refractivity contribution in [1.82, 2.24) is 14.8 Å². The Labute approximate surface area is 254 Å². The van der Waals surface area contributed by atoms with Gasteiger partial charge in [-0.1, -0.05) is 54.6 Å². The number of benzene rings is 3. The van der Waals surface area contributed by atoms with E-state index in [-0.39, 0.29) is 24.1 Å². The molecule has 1 saturated heterocycles. The van der Waals surface area contributed by atoms with Crippen molar-refractivity contribution in [2.75, 3.05) is 25.0 Å². The summed E-state index contributed by atoms with van der Waals surface area (Å²) in [5, 5.41) is 8.32. The third-order valence-corrected chi connectivity index (χ3v) is 8.27. The summed E-state index contributed by atoms with van der Waals surface area (Å²) in [6.45, 7) is 7.79. The summed E-state index contributed by atoms with van der Waals surface area (Å²) < 4.78 is 47.1. The molecule has 6 nitrogen and oxygen atoms in total. The molecule has 0 unspecified atom stereocenters. The Balaban J connectivity index is 1.30. The highest BCUT2D eigenvalue weighted by Gasteiger charge is 2.34. The van der Waals surface area contributed by atoms with E-state index in [0.717, 1.165) is 46.2 Å². The molecule has 1 amide bonds. The number of nitrogens with zero attached hydrogens (tertiary/aromatic N) is 3. The van der Waals surface area contributed by atoms with Crippen LogP contribution in [0.1, 0.15) is 50.4 Å². The van der Waals surface area contributed by atoms with Gasteiger partial charge in [0.2, 0.25) is 0 Å². The number of hydrogen-bond acceptors (Lipinski definition) is 6. The van der Waals surface area contributed by atoms with Crippen molar-refractivity contribution in [1.29, 1.82) is 0 Å². The van der Waals surface area contributed by atoms with Crippen LogP contribution in [0.25, 0.3) is 10.8 Å². The third-order valence-electron chi connectivity index (χ3n) is 7.47. The highest BCUT2D eigenvalue weighted by Crippen LogP contribution is 2.34. The Kier molecular flexibility index (Phi) is 9.27. The van der Waals surface area contributed by atoms with Crippen LogP contribution in [0, 0.1) is 5.92 Å². The Morgan fingerprint density at radius 1 is 1.00 bits per heavy atom. The number of amides is 1. The predicted molar refractivity (Wildman–Crippen MR) is 165 cm³/mol. The van der Waals surface area contributed by atoms with Crippen LogP contribution in [0.3, 0.4) is 0 Å². The van der Waals surface area contributed by atoms with Gasteiger partial charge in [-0.15, -0.1) is 11.3 Å². The Hall–Kier alpha value is -3.63.